The van der Waals surface area contributed by atoms with E-state index in [1.807, 2.05) is 0 Å². The number of nitrogens with two attached hydrogens (primary N) is 1. The summed E-state index contributed by atoms with van der Waals surface area (Å²) in [7, 11) is -4.25. The van der Waals surface area contributed by atoms with Gasteiger partial charge in [-0.3, -0.25) is 13.8 Å². The van der Waals surface area contributed by atoms with Gasteiger partial charge in [-0.05, 0) is 38.5 Å². The Morgan fingerprint density at radius 2 is 1.39 bits per heavy atom. The van der Waals surface area contributed by atoms with Crippen molar-refractivity contribution in [2.45, 2.75) is 116 Å². The second-order valence-corrected chi connectivity index (χ2v) is 10.6. The molecule has 212 valence electrons. The lowest BCUT2D eigenvalue weighted by molar-refractivity contribution is -0.147. The molecule has 0 aliphatic carbocycles. The Morgan fingerprint density at radius 1 is 0.833 bits per heavy atom. The van der Waals surface area contributed by atoms with Crippen LogP contribution in [0.4, 0.5) is 0 Å². The lowest BCUT2D eigenvalue weighted by Gasteiger charge is -2.15. The van der Waals surface area contributed by atoms with Crippen molar-refractivity contribution in [1.82, 2.24) is 0 Å². The van der Waals surface area contributed by atoms with Crippen molar-refractivity contribution >= 4 is 13.8 Å². The van der Waals surface area contributed by atoms with Gasteiger partial charge in [0.2, 0.25) is 0 Å². The molecule has 0 rings (SSSR count). The molecule has 4 N–H and O–H groups in total. The highest BCUT2D eigenvalue weighted by Crippen LogP contribution is 2.42. The second-order valence-electron chi connectivity index (χ2n) is 9.12. The molecule has 0 aliphatic heterocycles. The number of unbranched alkanes of at least 4 members (excludes halogenated alkanes) is 12. The third kappa shape index (κ3) is 26.1. The first-order valence-electron chi connectivity index (χ1n) is 13.9. The molecular formula is C27H52NO7P. The standard InChI is InChI=1S/C27H52NO7P/c1-2-3-4-5-6-7-8-9-10-11-12-13-14-15-16-17-18-19-20-21-27(30)33-24-26(29)25-35-36(31,32)34-23-22-28/h6-7,9-10,26,29H,2-5,8,11-25,28H2,1H3,(H,31,32). The van der Waals surface area contributed by atoms with E-state index in [0.717, 1.165) is 25.7 Å². The number of aliphatic hydroxyl groups is 1. The van der Waals surface area contributed by atoms with Crippen molar-refractivity contribution in [2.24, 2.45) is 5.73 Å². The number of phosphoric ester groups is 1. The number of carbonyl (C=O) groups is 1. The Labute approximate surface area is 219 Å². The summed E-state index contributed by atoms with van der Waals surface area (Å²) in [5, 5.41) is 9.70. The van der Waals surface area contributed by atoms with E-state index in [9.17, 15) is 19.4 Å². The molecule has 0 aromatic rings. The first-order chi connectivity index (χ1) is 17.4. The highest BCUT2D eigenvalue weighted by atomic mass is 31.2. The molecule has 0 saturated carbocycles. The van der Waals surface area contributed by atoms with Gasteiger partial charge in [0, 0.05) is 13.0 Å². The Kier molecular flexibility index (Phi) is 24.9. The van der Waals surface area contributed by atoms with Crippen molar-refractivity contribution in [2.75, 3.05) is 26.4 Å². The molecule has 0 heterocycles. The minimum absolute atomic E-state index is 0.0734. The summed E-state index contributed by atoms with van der Waals surface area (Å²) in [6.07, 6.45) is 26.0. The molecule has 36 heavy (non-hydrogen) atoms. The zero-order valence-corrected chi connectivity index (χ0v) is 23.4. The Balaban J connectivity index is 3.44. The monoisotopic (exact) mass is 533 g/mol. The number of carbonyl (C=O) groups excluding carboxylic acids is 1. The fraction of sp³-hybridized carbons (Fsp3) is 0.815. The fourth-order valence-electron chi connectivity index (χ4n) is 3.48. The molecule has 0 aromatic carbocycles. The SMILES string of the molecule is CCCCCC=CCC=CCCCCCCCCCCCC(=O)OCC(O)COP(=O)(O)OCCN. The molecule has 0 saturated heterocycles. The molecule has 2 atom stereocenters. The summed E-state index contributed by atoms with van der Waals surface area (Å²) in [4.78, 5) is 21.1. The van der Waals surface area contributed by atoms with Crippen LogP contribution in [0.3, 0.4) is 0 Å². The van der Waals surface area contributed by atoms with Gasteiger partial charge in [-0.15, -0.1) is 0 Å². The van der Waals surface area contributed by atoms with Crippen molar-refractivity contribution in [3.05, 3.63) is 24.3 Å². The van der Waals surface area contributed by atoms with Crippen LogP contribution >= 0.6 is 7.82 Å². The molecular weight excluding hydrogens is 481 g/mol. The number of aliphatic hydroxyl groups excluding tert-OH is 1. The van der Waals surface area contributed by atoms with Gasteiger partial charge in [0.1, 0.15) is 12.7 Å². The van der Waals surface area contributed by atoms with Gasteiger partial charge in [-0.2, -0.15) is 0 Å². The van der Waals surface area contributed by atoms with Crippen LogP contribution < -0.4 is 5.73 Å². The summed E-state index contributed by atoms with van der Waals surface area (Å²) >= 11 is 0. The quantitative estimate of drug-likeness (QED) is 0.0507. The Morgan fingerprint density at radius 3 is 1.97 bits per heavy atom. The van der Waals surface area contributed by atoms with Gasteiger partial charge in [0.05, 0.1) is 13.2 Å². The summed E-state index contributed by atoms with van der Waals surface area (Å²) in [5.74, 6) is -0.391. The highest BCUT2D eigenvalue weighted by Gasteiger charge is 2.22. The van der Waals surface area contributed by atoms with E-state index in [-0.39, 0.29) is 19.8 Å². The van der Waals surface area contributed by atoms with Crippen molar-refractivity contribution in [1.29, 1.82) is 0 Å². The average Bonchev–Trinajstić information content (AvgIpc) is 2.86. The lowest BCUT2D eigenvalue weighted by Crippen LogP contribution is -2.23. The topological polar surface area (TPSA) is 128 Å². The molecule has 0 bridgehead atoms. The van der Waals surface area contributed by atoms with E-state index in [1.54, 1.807) is 0 Å². The molecule has 9 heteroatoms. The number of esters is 1. The fourth-order valence-corrected chi connectivity index (χ4v) is 4.25. The van der Waals surface area contributed by atoms with Crippen LogP contribution in [0.5, 0.6) is 0 Å². The molecule has 0 fully saturated rings. The number of allylic oxidation sites excluding steroid dienone is 4. The second kappa shape index (κ2) is 25.6. The zero-order chi connectivity index (χ0) is 26.7. The molecule has 0 spiro atoms. The first kappa shape index (κ1) is 35.0. The van der Waals surface area contributed by atoms with E-state index < -0.39 is 26.5 Å². The maximum absolute atomic E-state index is 11.7. The third-order valence-electron chi connectivity index (χ3n) is 5.57. The molecule has 2 unspecified atom stereocenters. The van der Waals surface area contributed by atoms with Crippen LogP contribution in [-0.4, -0.2) is 48.4 Å². The minimum atomic E-state index is -4.25. The van der Waals surface area contributed by atoms with Gasteiger partial charge in [-0.25, -0.2) is 4.57 Å². The van der Waals surface area contributed by atoms with Crippen LogP contribution in [0.25, 0.3) is 0 Å². The largest absolute Gasteiger partial charge is 0.472 e. The van der Waals surface area contributed by atoms with Gasteiger partial charge in [0.15, 0.2) is 0 Å². The maximum atomic E-state index is 11.7. The number of rotatable bonds is 26. The number of hydrogen-bond acceptors (Lipinski definition) is 7. The number of phosphoric acid groups is 1. The summed E-state index contributed by atoms with van der Waals surface area (Å²) in [5.41, 5.74) is 5.18. The predicted molar refractivity (Wildman–Crippen MR) is 146 cm³/mol. The maximum Gasteiger partial charge on any atom is 0.472 e. The number of ether oxygens (including phenoxy) is 1. The van der Waals surface area contributed by atoms with E-state index >= 15 is 0 Å². The molecule has 0 aliphatic rings. The van der Waals surface area contributed by atoms with E-state index in [0.29, 0.717) is 6.42 Å². The van der Waals surface area contributed by atoms with Crippen LogP contribution in [0.1, 0.15) is 110 Å². The zero-order valence-electron chi connectivity index (χ0n) is 22.5. The van der Waals surface area contributed by atoms with E-state index in [2.05, 4.69) is 40.3 Å². The van der Waals surface area contributed by atoms with Crippen molar-refractivity contribution in [3.8, 4) is 0 Å². The summed E-state index contributed by atoms with van der Waals surface area (Å²) in [6, 6.07) is 0. The van der Waals surface area contributed by atoms with Crippen LogP contribution in [0.2, 0.25) is 0 Å². The smallest absolute Gasteiger partial charge is 0.463 e. The van der Waals surface area contributed by atoms with Gasteiger partial charge in [0.25, 0.3) is 0 Å². The normalized spacial score (nSPS) is 14.4. The molecule has 0 amide bonds. The molecule has 8 nitrogen and oxygen atoms in total. The minimum Gasteiger partial charge on any atom is -0.463 e. The van der Waals surface area contributed by atoms with E-state index in [4.69, 9.17) is 10.5 Å². The van der Waals surface area contributed by atoms with E-state index in [1.165, 1.54) is 70.6 Å². The van der Waals surface area contributed by atoms with Gasteiger partial charge in [-0.1, -0.05) is 89.0 Å². The predicted octanol–water partition coefficient (Wildman–Crippen LogP) is 6.36. The average molecular weight is 534 g/mol. The Bertz CT molecular complexity index is 613. The van der Waals surface area contributed by atoms with Gasteiger partial charge >= 0.3 is 13.8 Å². The first-order valence-corrected chi connectivity index (χ1v) is 15.4. The van der Waals surface area contributed by atoms with Gasteiger partial charge < -0.3 is 20.5 Å². The molecule has 0 radical (unpaired) electrons. The summed E-state index contributed by atoms with van der Waals surface area (Å²) < 4.78 is 25.6. The van der Waals surface area contributed by atoms with Crippen LogP contribution in [-0.2, 0) is 23.1 Å². The summed E-state index contributed by atoms with van der Waals surface area (Å²) in [6.45, 7) is 1.42. The molecule has 0 aromatic heterocycles. The lowest BCUT2D eigenvalue weighted by atomic mass is 10.1. The van der Waals surface area contributed by atoms with Crippen molar-refractivity contribution < 1.29 is 33.1 Å². The number of hydrogen-bond donors (Lipinski definition) is 3. The van der Waals surface area contributed by atoms with Crippen LogP contribution in [0.15, 0.2) is 24.3 Å². The highest BCUT2D eigenvalue weighted by molar-refractivity contribution is 7.47. The van der Waals surface area contributed by atoms with Crippen molar-refractivity contribution in [3.63, 3.8) is 0 Å². The third-order valence-corrected chi connectivity index (χ3v) is 6.55. The van der Waals surface area contributed by atoms with Crippen LogP contribution in [0, 0.1) is 0 Å². The Hall–Kier alpha value is -1.02.